The van der Waals surface area contributed by atoms with Gasteiger partial charge in [0.25, 0.3) is 0 Å². The number of nitrogen functional groups attached to an aromatic ring is 1. The summed E-state index contributed by atoms with van der Waals surface area (Å²) in [6.07, 6.45) is 0. The van der Waals surface area contributed by atoms with Crippen molar-refractivity contribution < 1.29 is 0 Å². The Balaban J connectivity index is 1.69. The van der Waals surface area contributed by atoms with Crippen LogP contribution < -0.4 is 16.4 Å². The normalized spacial score (nSPS) is 15.6. The lowest BCUT2D eigenvalue weighted by Gasteiger charge is -2.16. The van der Waals surface area contributed by atoms with Gasteiger partial charge in [-0.25, -0.2) is 9.97 Å². The lowest BCUT2D eigenvalue weighted by molar-refractivity contribution is 0.655. The Hall–Kier alpha value is -3.28. The Kier molecular flexibility index (Phi) is 4.46. The summed E-state index contributed by atoms with van der Waals surface area (Å²) < 4.78 is 0. The fraction of sp³-hybridized carbons (Fsp3) is 0.167. The summed E-state index contributed by atoms with van der Waals surface area (Å²) >= 11 is 0. The molecule has 4 aromatic rings. The van der Waals surface area contributed by atoms with Crippen molar-refractivity contribution in [2.24, 2.45) is 0 Å². The average Bonchev–Trinajstić information content (AvgIpc) is 3.17. The van der Waals surface area contributed by atoms with Crippen LogP contribution in [0, 0.1) is 0 Å². The molecule has 1 aromatic heterocycles. The minimum absolute atomic E-state index is 0.0156. The molecule has 0 bridgehead atoms. The van der Waals surface area contributed by atoms with E-state index in [1.54, 1.807) is 0 Å². The number of hydrogen-bond acceptors (Lipinski definition) is 5. The maximum absolute atomic E-state index is 6.07. The second kappa shape index (κ2) is 7.28. The van der Waals surface area contributed by atoms with Gasteiger partial charge in [0.15, 0.2) is 0 Å². The van der Waals surface area contributed by atoms with E-state index < -0.39 is 0 Å². The summed E-state index contributed by atoms with van der Waals surface area (Å²) in [5, 5.41) is 7.88. The number of anilines is 1. The van der Waals surface area contributed by atoms with Gasteiger partial charge in [0, 0.05) is 18.5 Å². The topological polar surface area (TPSA) is 75.9 Å². The monoisotopic (exact) mass is 381 g/mol. The molecule has 3 aromatic carbocycles. The van der Waals surface area contributed by atoms with Crippen molar-refractivity contribution in [2.45, 2.75) is 19.1 Å². The number of aromatic nitrogens is 2. The first kappa shape index (κ1) is 17.8. The maximum Gasteiger partial charge on any atom is 0.220 e. The van der Waals surface area contributed by atoms with Crippen LogP contribution in [0.5, 0.6) is 0 Å². The van der Waals surface area contributed by atoms with E-state index in [0.29, 0.717) is 5.95 Å². The lowest BCUT2D eigenvalue weighted by atomic mass is 9.95. The summed E-state index contributed by atoms with van der Waals surface area (Å²) in [4.78, 5) is 9.15. The van der Waals surface area contributed by atoms with E-state index in [0.717, 1.165) is 35.2 Å². The third-order valence-corrected chi connectivity index (χ3v) is 5.57. The fourth-order valence-corrected chi connectivity index (χ4v) is 4.25. The predicted molar refractivity (Wildman–Crippen MR) is 117 cm³/mol. The number of hydrogen-bond donors (Lipinski definition) is 3. The first-order valence-electron chi connectivity index (χ1n) is 9.86. The molecular formula is C24H23N5. The Morgan fingerprint density at radius 3 is 2.76 bits per heavy atom. The van der Waals surface area contributed by atoms with E-state index in [1.165, 1.54) is 22.3 Å². The second-order valence-corrected chi connectivity index (χ2v) is 7.40. The van der Waals surface area contributed by atoms with E-state index >= 15 is 0 Å². The molecule has 0 saturated carbocycles. The van der Waals surface area contributed by atoms with Crippen LogP contribution in [0.2, 0.25) is 0 Å². The van der Waals surface area contributed by atoms with Crippen molar-refractivity contribution in [1.29, 1.82) is 0 Å². The lowest BCUT2D eigenvalue weighted by Crippen LogP contribution is -2.16. The Morgan fingerprint density at radius 2 is 1.86 bits per heavy atom. The van der Waals surface area contributed by atoms with Crippen LogP contribution in [0.3, 0.4) is 0 Å². The Labute approximate surface area is 170 Å². The SMILES string of the molecule is CNCc1ccccc1-c1ccc2nc(N)nc(C3NCc4ccccc43)c2c1. The summed E-state index contributed by atoms with van der Waals surface area (Å²) in [5.74, 6) is 0.307. The highest BCUT2D eigenvalue weighted by molar-refractivity contribution is 5.88. The van der Waals surface area contributed by atoms with Crippen LogP contribution in [-0.4, -0.2) is 17.0 Å². The third kappa shape index (κ3) is 3.14. The standard InChI is InChI=1S/C24H23N5/c1-26-13-16-6-2-4-8-18(16)15-10-11-21-20(12-15)23(29-24(25)28-21)22-19-9-5-3-7-17(19)14-27-22/h2-12,22,26-27H,13-14H2,1H3,(H2,25,28,29). The molecule has 1 aliphatic heterocycles. The van der Waals surface area contributed by atoms with Gasteiger partial charge in [0.1, 0.15) is 0 Å². The predicted octanol–water partition coefficient (Wildman–Crippen LogP) is 3.79. The molecule has 0 saturated heterocycles. The highest BCUT2D eigenvalue weighted by Crippen LogP contribution is 2.35. The van der Waals surface area contributed by atoms with Gasteiger partial charge in [-0.15, -0.1) is 0 Å². The van der Waals surface area contributed by atoms with E-state index in [1.807, 2.05) is 13.1 Å². The molecule has 2 heterocycles. The molecule has 1 atom stereocenters. The average molecular weight is 381 g/mol. The molecule has 144 valence electrons. The minimum Gasteiger partial charge on any atom is -0.368 e. The van der Waals surface area contributed by atoms with Gasteiger partial charge < -0.3 is 16.4 Å². The van der Waals surface area contributed by atoms with Crippen LogP contribution in [0.1, 0.15) is 28.4 Å². The van der Waals surface area contributed by atoms with Crippen molar-refractivity contribution >= 4 is 16.9 Å². The van der Waals surface area contributed by atoms with Crippen LogP contribution in [-0.2, 0) is 13.1 Å². The third-order valence-electron chi connectivity index (χ3n) is 5.57. The highest BCUT2D eigenvalue weighted by Gasteiger charge is 2.26. The number of rotatable bonds is 4. The molecular weight excluding hydrogens is 358 g/mol. The molecule has 0 radical (unpaired) electrons. The van der Waals surface area contributed by atoms with Crippen LogP contribution in [0.4, 0.5) is 5.95 Å². The van der Waals surface area contributed by atoms with Crippen molar-refractivity contribution in [3.63, 3.8) is 0 Å². The van der Waals surface area contributed by atoms with Crippen molar-refractivity contribution in [1.82, 2.24) is 20.6 Å². The van der Waals surface area contributed by atoms with Crippen LogP contribution in [0.15, 0.2) is 66.7 Å². The van der Waals surface area contributed by atoms with Crippen molar-refractivity contribution in [2.75, 3.05) is 12.8 Å². The molecule has 29 heavy (non-hydrogen) atoms. The first-order valence-corrected chi connectivity index (χ1v) is 9.86. The highest BCUT2D eigenvalue weighted by atomic mass is 15.0. The fourth-order valence-electron chi connectivity index (χ4n) is 4.25. The number of nitrogens with one attached hydrogen (secondary N) is 2. The smallest absolute Gasteiger partial charge is 0.220 e. The van der Waals surface area contributed by atoms with E-state index in [-0.39, 0.29) is 6.04 Å². The summed E-state index contributed by atoms with van der Waals surface area (Å²) in [6, 6.07) is 23.3. The second-order valence-electron chi connectivity index (χ2n) is 7.40. The number of benzene rings is 3. The van der Waals surface area contributed by atoms with Crippen molar-refractivity contribution in [3.8, 4) is 11.1 Å². The van der Waals surface area contributed by atoms with Gasteiger partial charge in [-0.05, 0) is 47.0 Å². The first-order chi connectivity index (χ1) is 14.2. The maximum atomic E-state index is 6.07. The summed E-state index contributed by atoms with van der Waals surface area (Å²) in [6.45, 7) is 1.65. The molecule has 5 rings (SSSR count). The number of fused-ring (bicyclic) bond motifs is 2. The van der Waals surface area contributed by atoms with Gasteiger partial charge >= 0.3 is 0 Å². The Bertz CT molecular complexity index is 1200. The Morgan fingerprint density at radius 1 is 1.03 bits per heavy atom. The van der Waals surface area contributed by atoms with Crippen LogP contribution in [0.25, 0.3) is 22.0 Å². The molecule has 1 unspecified atom stereocenters. The molecule has 5 nitrogen and oxygen atoms in total. The molecule has 5 heteroatoms. The molecule has 0 amide bonds. The number of nitrogens with zero attached hydrogens (tertiary/aromatic N) is 2. The van der Waals surface area contributed by atoms with Crippen LogP contribution >= 0.6 is 0 Å². The van der Waals surface area contributed by atoms with E-state index in [2.05, 4.69) is 81.3 Å². The zero-order valence-corrected chi connectivity index (χ0v) is 16.3. The molecule has 1 aliphatic rings. The van der Waals surface area contributed by atoms with E-state index in [9.17, 15) is 0 Å². The van der Waals surface area contributed by atoms with Gasteiger partial charge in [-0.2, -0.15) is 0 Å². The quantitative estimate of drug-likeness (QED) is 0.501. The van der Waals surface area contributed by atoms with Gasteiger partial charge in [0.05, 0.1) is 17.3 Å². The molecule has 4 N–H and O–H groups in total. The van der Waals surface area contributed by atoms with E-state index in [4.69, 9.17) is 5.73 Å². The molecule has 0 spiro atoms. The molecule has 0 aliphatic carbocycles. The zero-order valence-electron chi connectivity index (χ0n) is 16.3. The largest absolute Gasteiger partial charge is 0.368 e. The van der Waals surface area contributed by atoms with Gasteiger partial charge in [-0.3, -0.25) is 0 Å². The summed E-state index contributed by atoms with van der Waals surface area (Å²) in [7, 11) is 1.97. The van der Waals surface area contributed by atoms with Gasteiger partial charge in [-0.1, -0.05) is 54.6 Å². The molecule has 0 fully saturated rings. The van der Waals surface area contributed by atoms with Gasteiger partial charge in [0.2, 0.25) is 5.95 Å². The van der Waals surface area contributed by atoms with Crippen molar-refractivity contribution in [3.05, 3.63) is 89.1 Å². The minimum atomic E-state index is 0.0156. The zero-order chi connectivity index (χ0) is 19.8. The number of nitrogens with two attached hydrogens (primary N) is 1. The summed E-state index contributed by atoms with van der Waals surface area (Å²) in [5.41, 5.74) is 14.1.